The molecule has 21 heavy (non-hydrogen) atoms. The second kappa shape index (κ2) is 5.99. The topological polar surface area (TPSA) is 29.5 Å². The number of carbonyl (C=O) groups is 1. The van der Waals surface area contributed by atoms with Crippen LogP contribution in [0.2, 0.25) is 0 Å². The SMILES string of the molecule is CCc1cc(Br)cc2c1N(C(=O)OC(C)(C)C)C(C)CC2. The Morgan fingerprint density at radius 1 is 1.43 bits per heavy atom. The maximum Gasteiger partial charge on any atom is 0.415 e. The number of carbonyl (C=O) groups excluding carboxylic acids is 1. The molecule has 1 aromatic rings. The number of anilines is 1. The molecular formula is C17H24BrNO2. The molecule has 1 unspecified atom stereocenters. The Morgan fingerprint density at radius 2 is 2.10 bits per heavy atom. The summed E-state index contributed by atoms with van der Waals surface area (Å²) in [5, 5.41) is 0. The highest BCUT2D eigenvalue weighted by Gasteiger charge is 2.33. The van der Waals surface area contributed by atoms with Crippen LogP contribution in [0.25, 0.3) is 0 Å². The van der Waals surface area contributed by atoms with Crippen molar-refractivity contribution in [3.8, 4) is 0 Å². The van der Waals surface area contributed by atoms with E-state index in [0.717, 1.165) is 29.4 Å². The van der Waals surface area contributed by atoms with Crippen LogP contribution in [0.3, 0.4) is 0 Å². The molecule has 0 aliphatic carbocycles. The Balaban J connectivity index is 2.47. The minimum Gasteiger partial charge on any atom is -0.443 e. The quantitative estimate of drug-likeness (QED) is 0.703. The highest BCUT2D eigenvalue weighted by atomic mass is 79.9. The average Bonchev–Trinajstić information content (AvgIpc) is 2.35. The van der Waals surface area contributed by atoms with Gasteiger partial charge in [-0.05, 0) is 70.2 Å². The lowest BCUT2D eigenvalue weighted by Gasteiger charge is -2.37. The van der Waals surface area contributed by atoms with Gasteiger partial charge >= 0.3 is 6.09 Å². The Labute approximate surface area is 135 Å². The molecule has 0 spiro atoms. The molecule has 2 rings (SSSR count). The molecular weight excluding hydrogens is 330 g/mol. The minimum absolute atomic E-state index is 0.166. The van der Waals surface area contributed by atoms with Crippen LogP contribution in [-0.2, 0) is 17.6 Å². The number of rotatable bonds is 1. The lowest BCUT2D eigenvalue weighted by atomic mass is 9.93. The molecule has 0 saturated carbocycles. The van der Waals surface area contributed by atoms with E-state index in [1.54, 1.807) is 0 Å². The van der Waals surface area contributed by atoms with Crippen molar-refractivity contribution in [1.29, 1.82) is 0 Å². The van der Waals surface area contributed by atoms with Crippen molar-refractivity contribution in [2.75, 3.05) is 4.90 Å². The van der Waals surface area contributed by atoms with E-state index in [9.17, 15) is 4.79 Å². The van der Waals surface area contributed by atoms with E-state index in [0.29, 0.717) is 0 Å². The summed E-state index contributed by atoms with van der Waals surface area (Å²) < 4.78 is 6.69. The maximum atomic E-state index is 12.6. The molecule has 3 nitrogen and oxygen atoms in total. The molecule has 0 bridgehead atoms. The van der Waals surface area contributed by atoms with Gasteiger partial charge in [0.2, 0.25) is 0 Å². The monoisotopic (exact) mass is 353 g/mol. The van der Waals surface area contributed by atoms with Gasteiger partial charge in [0.15, 0.2) is 0 Å². The van der Waals surface area contributed by atoms with Gasteiger partial charge < -0.3 is 4.74 Å². The van der Waals surface area contributed by atoms with Crippen LogP contribution >= 0.6 is 15.9 Å². The Morgan fingerprint density at radius 3 is 2.67 bits per heavy atom. The van der Waals surface area contributed by atoms with Crippen molar-refractivity contribution in [2.24, 2.45) is 0 Å². The molecule has 116 valence electrons. The van der Waals surface area contributed by atoms with E-state index >= 15 is 0 Å². The number of hydrogen-bond acceptors (Lipinski definition) is 2. The first-order valence-electron chi connectivity index (χ1n) is 7.56. The zero-order valence-corrected chi connectivity index (χ0v) is 15.1. The standard InChI is InChI=1S/C17H24BrNO2/c1-6-12-9-14(18)10-13-8-7-11(2)19(15(12)13)16(20)21-17(3,4)5/h9-11H,6-8H2,1-5H3. The molecule has 1 aliphatic heterocycles. The Bertz CT molecular complexity index is 531. The van der Waals surface area contributed by atoms with Crippen molar-refractivity contribution in [3.63, 3.8) is 0 Å². The summed E-state index contributed by atoms with van der Waals surface area (Å²) >= 11 is 3.57. The smallest absolute Gasteiger partial charge is 0.415 e. The number of halogens is 1. The third-order valence-electron chi connectivity index (χ3n) is 3.72. The molecule has 1 aliphatic rings. The number of benzene rings is 1. The lowest BCUT2D eigenvalue weighted by Crippen LogP contribution is -2.45. The summed E-state index contributed by atoms with van der Waals surface area (Å²) in [6, 6.07) is 4.39. The molecule has 1 heterocycles. The van der Waals surface area contributed by atoms with Gasteiger partial charge in [-0.25, -0.2) is 4.79 Å². The largest absolute Gasteiger partial charge is 0.443 e. The number of amides is 1. The third kappa shape index (κ3) is 3.60. The highest BCUT2D eigenvalue weighted by Crippen LogP contribution is 2.37. The second-order valence-corrected chi connectivity index (χ2v) is 7.58. The molecule has 0 N–H and O–H groups in total. The van der Waals surface area contributed by atoms with Crippen LogP contribution in [0.4, 0.5) is 10.5 Å². The van der Waals surface area contributed by atoms with Crippen LogP contribution in [0, 0.1) is 0 Å². The highest BCUT2D eigenvalue weighted by molar-refractivity contribution is 9.10. The van der Waals surface area contributed by atoms with Crippen molar-refractivity contribution in [1.82, 2.24) is 0 Å². The fraction of sp³-hybridized carbons (Fsp3) is 0.588. The fourth-order valence-corrected chi connectivity index (χ4v) is 3.34. The summed E-state index contributed by atoms with van der Waals surface area (Å²) in [5.74, 6) is 0. The van der Waals surface area contributed by atoms with Gasteiger partial charge in [-0.2, -0.15) is 0 Å². The first-order chi connectivity index (χ1) is 9.73. The molecule has 0 aromatic heterocycles. The first-order valence-corrected chi connectivity index (χ1v) is 8.35. The first kappa shape index (κ1) is 16.3. The predicted octanol–water partition coefficient (Wildman–Crippen LogP) is 5.09. The van der Waals surface area contributed by atoms with Gasteiger partial charge in [0.1, 0.15) is 5.60 Å². The van der Waals surface area contributed by atoms with Gasteiger partial charge in [0, 0.05) is 10.5 Å². The normalized spacial score (nSPS) is 18.4. The number of aryl methyl sites for hydroxylation is 2. The van der Waals surface area contributed by atoms with Gasteiger partial charge in [0.25, 0.3) is 0 Å². The third-order valence-corrected chi connectivity index (χ3v) is 4.17. The van der Waals surface area contributed by atoms with Gasteiger partial charge in [-0.3, -0.25) is 4.90 Å². The van der Waals surface area contributed by atoms with E-state index in [4.69, 9.17) is 4.74 Å². The molecule has 0 saturated heterocycles. The fourth-order valence-electron chi connectivity index (χ4n) is 2.78. The van der Waals surface area contributed by atoms with Crippen molar-refractivity contribution < 1.29 is 9.53 Å². The van der Waals surface area contributed by atoms with E-state index in [2.05, 4.69) is 41.9 Å². The van der Waals surface area contributed by atoms with Gasteiger partial charge in [-0.1, -0.05) is 22.9 Å². The number of ether oxygens (including phenoxy) is 1. The summed E-state index contributed by atoms with van der Waals surface area (Å²) in [6.07, 6.45) is 2.62. The average molecular weight is 354 g/mol. The Hall–Kier alpha value is -1.03. The van der Waals surface area contributed by atoms with Crippen LogP contribution in [-0.4, -0.2) is 17.7 Å². The van der Waals surface area contributed by atoms with Crippen LogP contribution in [0.5, 0.6) is 0 Å². The number of hydrogen-bond donors (Lipinski definition) is 0. The summed E-state index contributed by atoms with van der Waals surface area (Å²) in [6.45, 7) is 9.93. The maximum absolute atomic E-state index is 12.6. The van der Waals surface area contributed by atoms with E-state index in [1.807, 2.05) is 25.7 Å². The minimum atomic E-state index is -0.476. The molecule has 0 fully saturated rings. The van der Waals surface area contributed by atoms with Crippen molar-refractivity contribution >= 4 is 27.7 Å². The zero-order chi connectivity index (χ0) is 15.8. The molecule has 4 heteroatoms. The molecule has 1 amide bonds. The van der Waals surface area contributed by atoms with Gasteiger partial charge in [0.05, 0.1) is 5.69 Å². The molecule has 1 atom stereocenters. The number of nitrogens with zero attached hydrogens (tertiary/aromatic N) is 1. The second-order valence-electron chi connectivity index (χ2n) is 6.66. The van der Waals surface area contributed by atoms with Crippen LogP contribution < -0.4 is 4.90 Å². The van der Waals surface area contributed by atoms with E-state index in [1.165, 1.54) is 11.1 Å². The zero-order valence-electron chi connectivity index (χ0n) is 13.5. The molecule has 0 radical (unpaired) electrons. The van der Waals surface area contributed by atoms with E-state index < -0.39 is 5.60 Å². The van der Waals surface area contributed by atoms with Gasteiger partial charge in [-0.15, -0.1) is 0 Å². The summed E-state index contributed by atoms with van der Waals surface area (Å²) in [5.41, 5.74) is 2.99. The predicted molar refractivity (Wildman–Crippen MR) is 90.0 cm³/mol. The molecule has 1 aromatic carbocycles. The van der Waals surface area contributed by atoms with Crippen LogP contribution in [0.15, 0.2) is 16.6 Å². The van der Waals surface area contributed by atoms with Crippen molar-refractivity contribution in [3.05, 3.63) is 27.7 Å². The van der Waals surface area contributed by atoms with Crippen LogP contribution in [0.1, 0.15) is 52.2 Å². The van der Waals surface area contributed by atoms with Crippen molar-refractivity contribution in [2.45, 2.75) is 65.5 Å². The lowest BCUT2D eigenvalue weighted by molar-refractivity contribution is 0.0563. The number of fused-ring (bicyclic) bond motifs is 1. The van der Waals surface area contributed by atoms with E-state index in [-0.39, 0.29) is 12.1 Å². The summed E-state index contributed by atoms with van der Waals surface area (Å²) in [4.78, 5) is 14.5. The Kier molecular flexibility index (Phi) is 4.66. The summed E-state index contributed by atoms with van der Waals surface area (Å²) in [7, 11) is 0.